The van der Waals surface area contributed by atoms with Gasteiger partial charge >= 0.3 is 5.97 Å². The number of hydrogen-bond donors (Lipinski definition) is 3. The maximum absolute atomic E-state index is 10.9. The zero-order chi connectivity index (χ0) is 9.68. The van der Waals surface area contributed by atoms with Crippen LogP contribution in [0.1, 0.15) is 12.8 Å². The van der Waals surface area contributed by atoms with Gasteiger partial charge in [-0.2, -0.15) is 0 Å². The highest BCUT2D eigenvalue weighted by molar-refractivity contribution is 5.82. The Balaban J connectivity index is 1.93. The van der Waals surface area contributed by atoms with Crippen LogP contribution in [0.3, 0.4) is 0 Å². The maximum Gasteiger partial charge on any atom is 0.322 e. The minimum absolute atomic E-state index is 0.212. The molecule has 5 nitrogen and oxygen atoms in total. The first kappa shape index (κ1) is 9.98. The van der Waals surface area contributed by atoms with Gasteiger partial charge in [-0.15, -0.1) is 0 Å². The Morgan fingerprint density at radius 2 is 2.00 bits per heavy atom. The molecule has 3 N–H and O–H groups in total. The minimum atomic E-state index is -1.02. The van der Waals surface area contributed by atoms with Crippen molar-refractivity contribution in [3.8, 4) is 0 Å². The molecule has 0 aromatic carbocycles. The van der Waals surface area contributed by atoms with Gasteiger partial charge in [0.05, 0.1) is 6.54 Å². The van der Waals surface area contributed by atoms with Crippen LogP contribution in [-0.4, -0.2) is 36.6 Å². The van der Waals surface area contributed by atoms with E-state index >= 15 is 0 Å². The fraction of sp³-hybridized carbons (Fsp3) is 0.750. The topological polar surface area (TPSA) is 78.4 Å². The monoisotopic (exact) mass is 186 g/mol. The molecule has 0 heterocycles. The summed E-state index contributed by atoms with van der Waals surface area (Å²) in [6.07, 6.45) is 2.48. The van der Waals surface area contributed by atoms with E-state index in [1.165, 1.54) is 12.8 Å². The third-order valence-electron chi connectivity index (χ3n) is 1.85. The van der Waals surface area contributed by atoms with E-state index < -0.39 is 5.97 Å². The number of carboxylic acids is 1. The highest BCUT2D eigenvalue weighted by Crippen LogP contribution is 2.27. The summed E-state index contributed by atoms with van der Waals surface area (Å²) < 4.78 is 0. The van der Waals surface area contributed by atoms with E-state index in [0.717, 1.165) is 12.5 Å². The highest BCUT2D eigenvalue weighted by atomic mass is 16.4. The first-order valence-electron chi connectivity index (χ1n) is 4.37. The predicted octanol–water partition coefficient (Wildman–Crippen LogP) is -0.813. The van der Waals surface area contributed by atoms with Crippen LogP contribution in [-0.2, 0) is 9.59 Å². The van der Waals surface area contributed by atoms with Gasteiger partial charge in [0.2, 0.25) is 5.91 Å². The summed E-state index contributed by atoms with van der Waals surface area (Å²) in [6.45, 7) is 0.772. The van der Waals surface area contributed by atoms with Crippen molar-refractivity contribution in [3.05, 3.63) is 0 Å². The molecule has 1 rings (SSSR count). The number of nitrogens with one attached hydrogen (secondary N) is 2. The van der Waals surface area contributed by atoms with Crippen molar-refractivity contribution in [1.29, 1.82) is 0 Å². The molecular weight excluding hydrogens is 172 g/mol. The maximum atomic E-state index is 10.9. The van der Waals surface area contributed by atoms with Crippen molar-refractivity contribution in [2.75, 3.05) is 19.6 Å². The third kappa shape index (κ3) is 5.19. The summed E-state index contributed by atoms with van der Waals surface area (Å²) in [5.41, 5.74) is 0. The summed E-state index contributed by atoms with van der Waals surface area (Å²) >= 11 is 0. The van der Waals surface area contributed by atoms with Crippen molar-refractivity contribution >= 4 is 11.9 Å². The normalized spacial score (nSPS) is 15.4. The number of carboxylic acid groups (broad SMARTS) is 1. The SMILES string of the molecule is O=C(O)CNC(=O)CNCC1CC1. The van der Waals surface area contributed by atoms with E-state index in [1.807, 2.05) is 0 Å². The van der Waals surface area contributed by atoms with Crippen molar-refractivity contribution in [2.24, 2.45) is 5.92 Å². The van der Waals surface area contributed by atoms with Gasteiger partial charge in [-0.1, -0.05) is 0 Å². The number of hydrogen-bond acceptors (Lipinski definition) is 3. The summed E-state index contributed by atoms with van der Waals surface area (Å²) in [4.78, 5) is 21.0. The van der Waals surface area contributed by atoms with Crippen LogP contribution < -0.4 is 10.6 Å². The first-order chi connectivity index (χ1) is 6.18. The number of rotatable bonds is 6. The van der Waals surface area contributed by atoms with Crippen molar-refractivity contribution in [3.63, 3.8) is 0 Å². The Hall–Kier alpha value is -1.10. The van der Waals surface area contributed by atoms with Gasteiger partial charge in [0.25, 0.3) is 0 Å². The largest absolute Gasteiger partial charge is 0.480 e. The number of amides is 1. The summed E-state index contributed by atoms with van der Waals surface area (Å²) in [5, 5.41) is 13.5. The molecule has 0 spiro atoms. The Kier molecular flexibility index (Phi) is 3.70. The van der Waals surface area contributed by atoms with E-state index in [0.29, 0.717) is 0 Å². The van der Waals surface area contributed by atoms with Crippen molar-refractivity contribution < 1.29 is 14.7 Å². The minimum Gasteiger partial charge on any atom is -0.480 e. The molecule has 0 aromatic rings. The lowest BCUT2D eigenvalue weighted by molar-refractivity contribution is -0.137. The van der Waals surface area contributed by atoms with Gasteiger partial charge < -0.3 is 15.7 Å². The molecule has 0 aromatic heterocycles. The van der Waals surface area contributed by atoms with E-state index in [4.69, 9.17) is 5.11 Å². The van der Waals surface area contributed by atoms with E-state index in [-0.39, 0.29) is 19.0 Å². The molecule has 1 aliphatic rings. The molecule has 0 radical (unpaired) electrons. The summed E-state index contributed by atoms with van der Waals surface area (Å²) in [5.74, 6) is -0.550. The van der Waals surface area contributed by atoms with Gasteiger partial charge in [-0.3, -0.25) is 9.59 Å². The van der Waals surface area contributed by atoms with Gasteiger partial charge in [0, 0.05) is 0 Å². The lowest BCUT2D eigenvalue weighted by atomic mass is 10.4. The molecule has 13 heavy (non-hydrogen) atoms. The molecule has 0 saturated heterocycles. The third-order valence-corrected chi connectivity index (χ3v) is 1.85. The van der Waals surface area contributed by atoms with Crippen LogP contribution in [0, 0.1) is 5.92 Å². The van der Waals surface area contributed by atoms with Gasteiger partial charge in [-0.05, 0) is 25.3 Å². The van der Waals surface area contributed by atoms with Crippen molar-refractivity contribution in [1.82, 2.24) is 10.6 Å². The van der Waals surface area contributed by atoms with Crippen LogP contribution in [0.15, 0.2) is 0 Å². The Morgan fingerprint density at radius 1 is 1.31 bits per heavy atom. The van der Waals surface area contributed by atoms with Crippen LogP contribution in [0.5, 0.6) is 0 Å². The smallest absolute Gasteiger partial charge is 0.322 e. The standard InChI is InChI=1S/C8H14N2O3/c11-7(10-5-8(12)13)4-9-3-6-1-2-6/h6,9H,1-5H2,(H,10,11)(H,12,13). The molecule has 0 unspecified atom stereocenters. The lowest BCUT2D eigenvalue weighted by Gasteiger charge is -2.03. The number of carbonyl (C=O) groups excluding carboxylic acids is 1. The molecule has 0 atom stereocenters. The van der Waals surface area contributed by atoms with Gasteiger partial charge in [0.1, 0.15) is 6.54 Å². The second-order valence-electron chi connectivity index (χ2n) is 3.24. The first-order valence-corrected chi connectivity index (χ1v) is 4.37. The van der Waals surface area contributed by atoms with E-state index in [1.54, 1.807) is 0 Å². The van der Waals surface area contributed by atoms with E-state index in [2.05, 4.69) is 10.6 Å². The average Bonchev–Trinajstić information content (AvgIpc) is 2.84. The van der Waals surface area contributed by atoms with E-state index in [9.17, 15) is 9.59 Å². The second kappa shape index (κ2) is 4.81. The Morgan fingerprint density at radius 3 is 2.54 bits per heavy atom. The fourth-order valence-electron chi connectivity index (χ4n) is 0.948. The highest BCUT2D eigenvalue weighted by Gasteiger charge is 2.20. The second-order valence-corrected chi connectivity index (χ2v) is 3.24. The Labute approximate surface area is 76.5 Å². The molecule has 1 aliphatic carbocycles. The van der Waals surface area contributed by atoms with Crippen LogP contribution in [0.2, 0.25) is 0 Å². The Bertz CT molecular complexity index is 202. The quantitative estimate of drug-likeness (QED) is 0.507. The summed E-state index contributed by atoms with van der Waals surface area (Å²) in [7, 11) is 0. The molecule has 1 fully saturated rings. The molecule has 74 valence electrons. The predicted molar refractivity (Wildman–Crippen MR) is 46.2 cm³/mol. The van der Waals surface area contributed by atoms with Crippen LogP contribution >= 0.6 is 0 Å². The average molecular weight is 186 g/mol. The summed E-state index contributed by atoms with van der Waals surface area (Å²) in [6, 6.07) is 0. The lowest BCUT2D eigenvalue weighted by Crippen LogP contribution is -2.37. The van der Waals surface area contributed by atoms with Gasteiger partial charge in [-0.25, -0.2) is 0 Å². The molecule has 1 amide bonds. The molecule has 5 heteroatoms. The molecule has 0 aliphatic heterocycles. The molecular formula is C8H14N2O3. The number of carbonyl (C=O) groups is 2. The zero-order valence-corrected chi connectivity index (χ0v) is 7.38. The number of aliphatic carboxylic acids is 1. The fourth-order valence-corrected chi connectivity index (χ4v) is 0.948. The van der Waals surface area contributed by atoms with Crippen molar-refractivity contribution in [2.45, 2.75) is 12.8 Å². The van der Waals surface area contributed by atoms with Gasteiger partial charge in [0.15, 0.2) is 0 Å². The zero-order valence-electron chi connectivity index (χ0n) is 7.38. The van der Waals surface area contributed by atoms with Crippen LogP contribution in [0.4, 0.5) is 0 Å². The molecule has 0 bridgehead atoms. The molecule has 1 saturated carbocycles. The van der Waals surface area contributed by atoms with Crippen LogP contribution in [0.25, 0.3) is 0 Å².